The van der Waals surface area contributed by atoms with Gasteiger partial charge in [0.25, 0.3) is 0 Å². The third-order valence-corrected chi connectivity index (χ3v) is 1.09. The van der Waals surface area contributed by atoms with Gasteiger partial charge in [0.1, 0.15) is 6.10 Å². The first-order chi connectivity index (χ1) is 4.74. The van der Waals surface area contributed by atoms with Crippen molar-refractivity contribution < 1.29 is 25.1 Å². The van der Waals surface area contributed by atoms with Crippen LogP contribution in [0.4, 0.5) is 0 Å². The van der Waals surface area contributed by atoms with Gasteiger partial charge in [-0.1, -0.05) is 6.92 Å². The van der Waals surface area contributed by atoms with Gasteiger partial charge in [-0.05, 0) is 6.42 Å². The summed E-state index contributed by atoms with van der Waals surface area (Å²) in [5.41, 5.74) is 0. The number of hydrogen-bond donors (Lipinski definition) is 1. The highest BCUT2D eigenvalue weighted by Gasteiger charge is 2.13. The normalized spacial score (nSPS) is 12.7. The smallest absolute Gasteiger partial charge is 0.266 e. The molecule has 0 aliphatic rings. The summed E-state index contributed by atoms with van der Waals surface area (Å²) in [6.45, 7) is 1.71. The molecule has 0 heterocycles. The summed E-state index contributed by atoms with van der Waals surface area (Å²) < 4.78 is 0. The summed E-state index contributed by atoms with van der Waals surface area (Å²) >= 11 is 0. The average Bonchev–Trinajstić information content (AvgIpc) is 1.99. The minimum absolute atomic E-state index is 0.212. The molecule has 0 bridgehead atoms. The predicted octanol–water partition coefficient (Wildman–Crippen LogP) is 0.533. The van der Waals surface area contributed by atoms with Gasteiger partial charge in [-0.25, -0.2) is 9.68 Å². The van der Waals surface area contributed by atoms with Gasteiger partial charge in [0.2, 0.25) is 0 Å². The summed E-state index contributed by atoms with van der Waals surface area (Å²) in [4.78, 5) is 17.2. The Morgan fingerprint density at radius 1 is 1.70 bits per heavy atom. The Hall–Kier alpha value is -0.650. The zero-order valence-corrected chi connectivity index (χ0v) is 5.57. The minimum atomic E-state index is -0.930. The molecule has 1 atom stereocenters. The van der Waals surface area contributed by atoms with Gasteiger partial charge in [-0.15, -0.1) is 0 Å². The molecule has 0 aromatic carbocycles. The van der Waals surface area contributed by atoms with Gasteiger partial charge in [-0.3, -0.25) is 10.1 Å². The van der Waals surface area contributed by atoms with Gasteiger partial charge in [-0.2, -0.15) is 0 Å². The van der Waals surface area contributed by atoms with Crippen LogP contribution >= 0.6 is 0 Å². The molecule has 0 saturated carbocycles. The van der Waals surface area contributed by atoms with Crippen molar-refractivity contribution in [2.24, 2.45) is 0 Å². The maximum atomic E-state index is 10.2. The Morgan fingerprint density at radius 3 is 2.60 bits per heavy atom. The summed E-state index contributed by atoms with van der Waals surface area (Å²) in [7, 11) is 0. The SMILES string of the molecule is CCC(CC(=O)O[O])OO. The number of rotatable bonds is 4. The first-order valence-electron chi connectivity index (χ1n) is 2.87. The number of hydrogen-bond acceptors (Lipinski definition) is 4. The van der Waals surface area contributed by atoms with Crippen molar-refractivity contribution in [3.63, 3.8) is 0 Å². The number of carbonyl (C=O) groups is 1. The van der Waals surface area contributed by atoms with E-state index in [1.165, 1.54) is 0 Å². The Morgan fingerprint density at radius 2 is 2.30 bits per heavy atom. The molecule has 5 nitrogen and oxygen atoms in total. The predicted molar refractivity (Wildman–Crippen MR) is 29.2 cm³/mol. The molecule has 10 heavy (non-hydrogen) atoms. The first kappa shape index (κ1) is 9.35. The van der Waals surface area contributed by atoms with Crippen molar-refractivity contribution >= 4 is 5.97 Å². The zero-order chi connectivity index (χ0) is 7.98. The number of carbonyl (C=O) groups excluding carboxylic acids is 1. The lowest BCUT2D eigenvalue weighted by molar-refractivity contribution is -0.298. The van der Waals surface area contributed by atoms with E-state index in [2.05, 4.69) is 9.78 Å². The Balaban J connectivity index is 3.52. The van der Waals surface area contributed by atoms with Crippen LogP contribution < -0.4 is 0 Å². The van der Waals surface area contributed by atoms with Crippen LogP contribution in [0.1, 0.15) is 19.8 Å². The van der Waals surface area contributed by atoms with E-state index in [1.54, 1.807) is 6.92 Å². The van der Waals surface area contributed by atoms with Crippen molar-refractivity contribution in [1.29, 1.82) is 0 Å². The monoisotopic (exact) mass is 149 g/mol. The highest BCUT2D eigenvalue weighted by molar-refractivity contribution is 5.69. The molecular formula is C5H9O5. The molecule has 1 radical (unpaired) electrons. The van der Waals surface area contributed by atoms with Crippen LogP contribution in [0.3, 0.4) is 0 Å². The van der Waals surface area contributed by atoms with E-state index in [9.17, 15) is 10.1 Å². The maximum absolute atomic E-state index is 10.2. The summed E-state index contributed by atoms with van der Waals surface area (Å²) in [5, 5.41) is 17.5. The first-order valence-corrected chi connectivity index (χ1v) is 2.87. The molecule has 0 fully saturated rings. The molecule has 59 valence electrons. The van der Waals surface area contributed by atoms with Crippen molar-refractivity contribution in [3.8, 4) is 0 Å². The van der Waals surface area contributed by atoms with Crippen molar-refractivity contribution in [3.05, 3.63) is 0 Å². The van der Waals surface area contributed by atoms with E-state index < -0.39 is 12.1 Å². The fraction of sp³-hybridized carbons (Fsp3) is 0.800. The largest absolute Gasteiger partial charge is 0.348 e. The van der Waals surface area contributed by atoms with E-state index in [4.69, 9.17) is 5.26 Å². The zero-order valence-electron chi connectivity index (χ0n) is 5.57. The third-order valence-electron chi connectivity index (χ3n) is 1.09. The van der Waals surface area contributed by atoms with E-state index in [0.29, 0.717) is 6.42 Å². The molecule has 0 aliphatic heterocycles. The molecular weight excluding hydrogens is 140 g/mol. The van der Waals surface area contributed by atoms with Gasteiger partial charge < -0.3 is 0 Å². The summed E-state index contributed by atoms with van der Waals surface area (Å²) in [6.07, 6.45) is -0.399. The fourth-order valence-electron chi connectivity index (χ4n) is 0.476. The van der Waals surface area contributed by atoms with E-state index in [0.717, 1.165) is 0 Å². The standard InChI is InChI=1S/C5H9O5/c1-2-4(9-7)3-5(6)10-8/h4,7H,2-3H2,1H3. The Kier molecular flexibility index (Phi) is 4.82. The van der Waals surface area contributed by atoms with Crippen molar-refractivity contribution in [2.45, 2.75) is 25.9 Å². The second-order valence-electron chi connectivity index (χ2n) is 1.80. The second-order valence-corrected chi connectivity index (χ2v) is 1.80. The minimum Gasteiger partial charge on any atom is -0.266 e. The van der Waals surface area contributed by atoms with E-state index >= 15 is 0 Å². The van der Waals surface area contributed by atoms with Crippen molar-refractivity contribution in [2.75, 3.05) is 0 Å². The molecule has 0 spiro atoms. The van der Waals surface area contributed by atoms with Crippen LogP contribution in [0.2, 0.25) is 0 Å². The van der Waals surface area contributed by atoms with Crippen LogP contribution in [0, 0.1) is 0 Å². The lowest BCUT2D eigenvalue weighted by Crippen LogP contribution is -2.15. The van der Waals surface area contributed by atoms with E-state index in [-0.39, 0.29) is 6.42 Å². The summed E-state index contributed by atoms with van der Waals surface area (Å²) in [5.74, 6) is -0.930. The quantitative estimate of drug-likeness (QED) is 0.467. The van der Waals surface area contributed by atoms with Crippen LogP contribution in [-0.4, -0.2) is 17.3 Å². The highest BCUT2D eigenvalue weighted by Crippen LogP contribution is 2.01. The molecule has 0 amide bonds. The molecule has 0 rings (SSSR count). The van der Waals surface area contributed by atoms with Gasteiger partial charge in [0, 0.05) is 5.26 Å². The lowest BCUT2D eigenvalue weighted by atomic mass is 10.2. The van der Waals surface area contributed by atoms with Gasteiger partial charge in [0.05, 0.1) is 6.42 Å². The van der Waals surface area contributed by atoms with Gasteiger partial charge in [0.15, 0.2) is 0 Å². The van der Waals surface area contributed by atoms with Crippen molar-refractivity contribution in [1.82, 2.24) is 0 Å². The molecule has 1 N–H and O–H groups in total. The molecule has 0 aliphatic carbocycles. The highest BCUT2D eigenvalue weighted by atomic mass is 17.1. The molecule has 1 unspecified atom stereocenters. The molecule has 0 aromatic rings. The Labute approximate surface area is 58.0 Å². The fourth-order valence-corrected chi connectivity index (χ4v) is 0.476. The summed E-state index contributed by atoms with van der Waals surface area (Å²) in [6, 6.07) is 0. The topological polar surface area (TPSA) is 75.7 Å². The van der Waals surface area contributed by atoms with Crippen LogP contribution in [0.25, 0.3) is 0 Å². The van der Waals surface area contributed by atoms with Gasteiger partial charge >= 0.3 is 5.97 Å². The second kappa shape index (κ2) is 5.16. The molecule has 0 aromatic heterocycles. The van der Waals surface area contributed by atoms with Crippen LogP contribution in [-0.2, 0) is 19.8 Å². The molecule has 0 saturated heterocycles. The average molecular weight is 149 g/mol. The Bertz CT molecular complexity index is 98.2. The third kappa shape index (κ3) is 3.39. The lowest BCUT2D eigenvalue weighted by Gasteiger charge is -2.05. The van der Waals surface area contributed by atoms with Crippen LogP contribution in [0.15, 0.2) is 0 Å². The molecule has 5 heteroatoms. The van der Waals surface area contributed by atoms with E-state index in [1.807, 2.05) is 0 Å². The van der Waals surface area contributed by atoms with Crippen LogP contribution in [0.5, 0.6) is 0 Å². The maximum Gasteiger partial charge on any atom is 0.348 e.